The van der Waals surface area contributed by atoms with Gasteiger partial charge in [-0.15, -0.1) is 0 Å². The van der Waals surface area contributed by atoms with Gasteiger partial charge in [0.2, 0.25) is 0 Å². The number of rotatable bonds is 7. The van der Waals surface area contributed by atoms with E-state index in [9.17, 15) is 4.79 Å². The second-order valence-corrected chi connectivity index (χ2v) is 5.75. The summed E-state index contributed by atoms with van der Waals surface area (Å²) in [5.74, 6) is 0.699. The molecule has 1 fully saturated rings. The van der Waals surface area contributed by atoms with Crippen molar-refractivity contribution in [3.63, 3.8) is 0 Å². The van der Waals surface area contributed by atoms with Crippen molar-refractivity contribution in [1.29, 1.82) is 0 Å². The Morgan fingerprint density at radius 1 is 1.38 bits per heavy atom. The van der Waals surface area contributed by atoms with Crippen LogP contribution < -0.4 is 4.74 Å². The normalized spacial score (nSPS) is 19.4. The van der Waals surface area contributed by atoms with Crippen LogP contribution in [0.15, 0.2) is 24.3 Å². The molecule has 1 aliphatic rings. The summed E-state index contributed by atoms with van der Waals surface area (Å²) >= 11 is 0. The maximum Gasteiger partial charge on any atom is 0.335 e. The Labute approximate surface area is 126 Å². The molecule has 21 heavy (non-hydrogen) atoms. The highest BCUT2D eigenvalue weighted by atomic mass is 16.5. The van der Waals surface area contributed by atoms with Crippen LogP contribution in [-0.4, -0.2) is 42.2 Å². The number of carboxylic acid groups (broad SMARTS) is 1. The molecule has 4 heteroatoms. The van der Waals surface area contributed by atoms with Crippen molar-refractivity contribution < 1.29 is 14.6 Å². The Hall–Kier alpha value is -1.55. The van der Waals surface area contributed by atoms with E-state index in [1.165, 1.54) is 32.4 Å². The zero-order chi connectivity index (χ0) is 15.1. The lowest BCUT2D eigenvalue weighted by molar-refractivity contribution is 0.0697. The van der Waals surface area contributed by atoms with Gasteiger partial charge < -0.3 is 14.7 Å². The van der Waals surface area contributed by atoms with E-state index in [2.05, 4.69) is 11.8 Å². The minimum Gasteiger partial charge on any atom is -0.494 e. The monoisotopic (exact) mass is 291 g/mol. The van der Waals surface area contributed by atoms with E-state index in [1.54, 1.807) is 24.3 Å². The van der Waals surface area contributed by atoms with Gasteiger partial charge >= 0.3 is 5.97 Å². The number of benzene rings is 1. The van der Waals surface area contributed by atoms with Gasteiger partial charge in [0, 0.05) is 13.1 Å². The highest BCUT2D eigenvalue weighted by molar-refractivity contribution is 5.87. The molecule has 0 saturated carbocycles. The van der Waals surface area contributed by atoms with Crippen LogP contribution in [0.2, 0.25) is 0 Å². The van der Waals surface area contributed by atoms with Crippen LogP contribution in [0, 0.1) is 5.92 Å². The van der Waals surface area contributed by atoms with E-state index in [4.69, 9.17) is 9.84 Å². The summed E-state index contributed by atoms with van der Waals surface area (Å²) in [6.07, 6.45) is 4.98. The largest absolute Gasteiger partial charge is 0.494 e. The first-order valence-corrected chi connectivity index (χ1v) is 7.87. The molecule has 0 spiro atoms. The molecule has 1 heterocycles. The molecule has 1 N–H and O–H groups in total. The van der Waals surface area contributed by atoms with E-state index in [1.807, 2.05) is 0 Å². The Balaban J connectivity index is 1.66. The molecule has 1 atom stereocenters. The predicted molar refractivity (Wildman–Crippen MR) is 83.0 cm³/mol. The van der Waals surface area contributed by atoms with E-state index in [0.717, 1.165) is 24.6 Å². The molecule has 0 bridgehead atoms. The summed E-state index contributed by atoms with van der Waals surface area (Å²) in [4.78, 5) is 13.3. The number of carbonyl (C=O) groups is 1. The summed E-state index contributed by atoms with van der Waals surface area (Å²) in [6, 6.07) is 6.59. The van der Waals surface area contributed by atoms with Gasteiger partial charge in [-0.2, -0.15) is 0 Å². The van der Waals surface area contributed by atoms with Gasteiger partial charge in [-0.1, -0.05) is 13.3 Å². The van der Waals surface area contributed by atoms with Gasteiger partial charge in [-0.25, -0.2) is 4.79 Å². The Morgan fingerprint density at radius 3 is 2.81 bits per heavy atom. The molecule has 1 aromatic rings. The van der Waals surface area contributed by atoms with Gasteiger partial charge in [0.1, 0.15) is 5.75 Å². The van der Waals surface area contributed by atoms with Crippen LogP contribution in [0.4, 0.5) is 0 Å². The Morgan fingerprint density at radius 2 is 2.14 bits per heavy atom. The van der Waals surface area contributed by atoms with E-state index < -0.39 is 5.97 Å². The summed E-state index contributed by atoms with van der Waals surface area (Å²) in [6.45, 7) is 6.48. The van der Waals surface area contributed by atoms with Gasteiger partial charge in [-0.3, -0.25) is 0 Å². The number of nitrogens with zero attached hydrogens (tertiary/aromatic N) is 1. The molecule has 2 rings (SSSR count). The summed E-state index contributed by atoms with van der Waals surface area (Å²) in [7, 11) is 0. The first-order valence-electron chi connectivity index (χ1n) is 7.87. The molecule has 0 aliphatic carbocycles. The molecule has 1 aromatic carbocycles. The smallest absolute Gasteiger partial charge is 0.335 e. The fraction of sp³-hybridized carbons (Fsp3) is 0.588. The molecule has 1 saturated heterocycles. The second kappa shape index (κ2) is 8.03. The number of likely N-dealkylation sites (tertiary alicyclic amines) is 1. The van der Waals surface area contributed by atoms with Crippen molar-refractivity contribution >= 4 is 5.97 Å². The number of hydrogen-bond acceptors (Lipinski definition) is 3. The third-order valence-electron chi connectivity index (χ3n) is 4.17. The Kier molecular flexibility index (Phi) is 6.05. The van der Waals surface area contributed by atoms with Crippen molar-refractivity contribution in [3.05, 3.63) is 29.8 Å². The van der Waals surface area contributed by atoms with Crippen LogP contribution >= 0.6 is 0 Å². The molecule has 1 unspecified atom stereocenters. The number of carboxylic acids is 1. The molecule has 0 radical (unpaired) electrons. The quantitative estimate of drug-likeness (QED) is 0.783. The third-order valence-corrected chi connectivity index (χ3v) is 4.17. The molecular formula is C17H25NO3. The highest BCUT2D eigenvalue weighted by Gasteiger charge is 2.17. The van der Waals surface area contributed by atoms with Gasteiger partial charge in [-0.05, 0) is 56.0 Å². The molecule has 0 amide bonds. The van der Waals surface area contributed by atoms with Gasteiger partial charge in [0.05, 0.1) is 12.2 Å². The minimum absolute atomic E-state index is 0.293. The average Bonchev–Trinajstić information content (AvgIpc) is 2.52. The zero-order valence-electron chi connectivity index (χ0n) is 12.8. The van der Waals surface area contributed by atoms with Crippen molar-refractivity contribution in [2.24, 2.45) is 5.92 Å². The number of piperidine rings is 1. The van der Waals surface area contributed by atoms with Crippen LogP contribution in [-0.2, 0) is 0 Å². The topological polar surface area (TPSA) is 49.8 Å². The van der Waals surface area contributed by atoms with E-state index in [-0.39, 0.29) is 0 Å². The first-order chi connectivity index (χ1) is 10.2. The lowest BCUT2D eigenvalue weighted by Gasteiger charge is -2.32. The number of ether oxygens (including phenoxy) is 1. The fourth-order valence-corrected chi connectivity index (χ4v) is 2.86. The minimum atomic E-state index is -0.905. The lowest BCUT2D eigenvalue weighted by atomic mass is 9.96. The molecular weight excluding hydrogens is 266 g/mol. The van der Waals surface area contributed by atoms with Crippen molar-refractivity contribution in [2.75, 3.05) is 26.2 Å². The molecule has 1 aliphatic heterocycles. The maximum absolute atomic E-state index is 10.8. The third kappa shape index (κ3) is 5.05. The highest BCUT2D eigenvalue weighted by Crippen LogP contribution is 2.19. The standard InChI is InChI=1S/C17H25NO3/c1-2-14-5-3-10-18(13-14)11-4-12-21-16-8-6-15(7-9-16)17(19)20/h6-9,14H,2-5,10-13H2,1H3,(H,19,20). The average molecular weight is 291 g/mol. The lowest BCUT2D eigenvalue weighted by Crippen LogP contribution is -2.36. The summed E-state index contributed by atoms with van der Waals surface area (Å²) in [5, 5.41) is 8.83. The number of aromatic carboxylic acids is 1. The first kappa shape index (κ1) is 15.8. The summed E-state index contributed by atoms with van der Waals surface area (Å²) in [5.41, 5.74) is 0.293. The van der Waals surface area contributed by atoms with E-state index >= 15 is 0 Å². The van der Waals surface area contributed by atoms with Gasteiger partial charge in [0.25, 0.3) is 0 Å². The van der Waals surface area contributed by atoms with E-state index in [0.29, 0.717) is 12.2 Å². The van der Waals surface area contributed by atoms with Crippen LogP contribution in [0.3, 0.4) is 0 Å². The molecule has 116 valence electrons. The fourth-order valence-electron chi connectivity index (χ4n) is 2.86. The maximum atomic E-state index is 10.8. The molecule has 0 aromatic heterocycles. The van der Waals surface area contributed by atoms with Crippen LogP contribution in [0.25, 0.3) is 0 Å². The van der Waals surface area contributed by atoms with Crippen molar-refractivity contribution in [1.82, 2.24) is 4.90 Å². The van der Waals surface area contributed by atoms with Crippen molar-refractivity contribution in [3.8, 4) is 5.75 Å². The SMILES string of the molecule is CCC1CCCN(CCCOc2ccc(C(=O)O)cc2)C1. The Bertz CT molecular complexity index is 444. The zero-order valence-corrected chi connectivity index (χ0v) is 12.8. The number of hydrogen-bond donors (Lipinski definition) is 1. The van der Waals surface area contributed by atoms with Gasteiger partial charge in [0.15, 0.2) is 0 Å². The molecule has 4 nitrogen and oxygen atoms in total. The second-order valence-electron chi connectivity index (χ2n) is 5.75. The van der Waals surface area contributed by atoms with Crippen molar-refractivity contribution in [2.45, 2.75) is 32.6 Å². The van der Waals surface area contributed by atoms with Crippen LogP contribution in [0.5, 0.6) is 5.75 Å². The van der Waals surface area contributed by atoms with Crippen LogP contribution in [0.1, 0.15) is 43.0 Å². The summed E-state index contributed by atoms with van der Waals surface area (Å²) < 4.78 is 5.67. The predicted octanol–water partition coefficient (Wildman–Crippen LogP) is 3.28.